The van der Waals surface area contributed by atoms with Crippen molar-refractivity contribution in [2.75, 3.05) is 17.7 Å². The van der Waals surface area contributed by atoms with Crippen LogP contribution in [0.5, 0.6) is 0 Å². The van der Waals surface area contributed by atoms with Crippen molar-refractivity contribution in [1.82, 2.24) is 4.98 Å². The molecule has 0 saturated heterocycles. The first-order chi connectivity index (χ1) is 9.58. The van der Waals surface area contributed by atoms with Crippen LogP contribution in [0, 0.1) is 0 Å². The zero-order valence-electron chi connectivity index (χ0n) is 10.5. The topological polar surface area (TPSA) is 54.0 Å². The fraction of sp³-hybridized carbons (Fsp3) is 0.231. The normalized spacial score (nSPS) is 17.6. The summed E-state index contributed by atoms with van der Waals surface area (Å²) in [4.78, 5) is 17.2. The zero-order chi connectivity index (χ0) is 14.3. The van der Waals surface area contributed by atoms with Crippen molar-refractivity contribution >= 4 is 51.4 Å². The first kappa shape index (κ1) is 13.7. The van der Waals surface area contributed by atoms with Gasteiger partial charge in [0.15, 0.2) is 5.13 Å². The lowest BCUT2D eigenvalue weighted by Gasteiger charge is -2.21. The Morgan fingerprint density at radius 2 is 2.20 bits per heavy atom. The van der Waals surface area contributed by atoms with E-state index in [0.29, 0.717) is 22.3 Å². The Hall–Kier alpha value is -1.30. The summed E-state index contributed by atoms with van der Waals surface area (Å²) in [5.74, 6) is 0.557. The summed E-state index contributed by atoms with van der Waals surface area (Å²) in [6.07, 6.45) is 0.385. The van der Waals surface area contributed by atoms with E-state index in [-0.39, 0.29) is 11.8 Å². The third kappa shape index (κ3) is 2.37. The molecule has 2 aromatic rings. The van der Waals surface area contributed by atoms with E-state index in [1.54, 1.807) is 13.1 Å². The molecule has 7 heteroatoms. The average Bonchev–Trinajstić information content (AvgIpc) is 2.83. The third-order valence-electron chi connectivity index (χ3n) is 3.18. The Morgan fingerprint density at radius 1 is 1.40 bits per heavy atom. The molecular weight excluding hydrogens is 317 g/mol. The van der Waals surface area contributed by atoms with Crippen molar-refractivity contribution in [3.63, 3.8) is 0 Å². The molecule has 0 spiro atoms. The van der Waals surface area contributed by atoms with Crippen LogP contribution in [0.1, 0.15) is 22.8 Å². The number of benzene rings is 1. The Bertz CT molecular complexity index is 686. The van der Waals surface area contributed by atoms with Gasteiger partial charge in [-0.15, -0.1) is 0 Å². The van der Waals surface area contributed by atoms with Gasteiger partial charge in [0.2, 0.25) is 5.91 Å². The molecule has 1 aliphatic rings. The Morgan fingerprint density at radius 3 is 2.90 bits per heavy atom. The molecule has 0 unspecified atom stereocenters. The molecule has 1 aromatic carbocycles. The maximum atomic E-state index is 11.8. The summed E-state index contributed by atoms with van der Waals surface area (Å²) >= 11 is 13.6. The monoisotopic (exact) mass is 327 g/mol. The molecule has 0 aliphatic carbocycles. The van der Waals surface area contributed by atoms with E-state index in [1.807, 2.05) is 12.1 Å². The minimum absolute atomic E-state index is 0.0342. The van der Waals surface area contributed by atoms with Gasteiger partial charge in [-0.25, -0.2) is 4.98 Å². The van der Waals surface area contributed by atoms with E-state index in [9.17, 15) is 4.79 Å². The van der Waals surface area contributed by atoms with Crippen molar-refractivity contribution < 1.29 is 4.79 Å². The van der Waals surface area contributed by atoms with Crippen molar-refractivity contribution in [3.8, 4) is 0 Å². The highest BCUT2D eigenvalue weighted by Gasteiger charge is 2.30. The van der Waals surface area contributed by atoms with Crippen LogP contribution in [-0.2, 0) is 4.79 Å². The molecule has 3 rings (SSSR count). The van der Waals surface area contributed by atoms with Crippen LogP contribution in [0.3, 0.4) is 0 Å². The Kier molecular flexibility index (Phi) is 3.58. The van der Waals surface area contributed by atoms with Crippen molar-refractivity contribution in [3.05, 3.63) is 38.7 Å². The van der Waals surface area contributed by atoms with Crippen LogP contribution in [0.2, 0.25) is 10.0 Å². The second kappa shape index (κ2) is 5.24. The fourth-order valence-corrected chi connectivity index (χ4v) is 3.53. The number of amides is 1. The molecule has 20 heavy (non-hydrogen) atoms. The lowest BCUT2D eigenvalue weighted by Crippen LogP contribution is -2.22. The summed E-state index contributed by atoms with van der Waals surface area (Å²) in [6, 6.07) is 5.47. The number of hydrogen-bond donors (Lipinski definition) is 2. The van der Waals surface area contributed by atoms with Crippen molar-refractivity contribution in [2.45, 2.75) is 12.3 Å². The highest BCUT2D eigenvalue weighted by atomic mass is 35.5. The van der Waals surface area contributed by atoms with Gasteiger partial charge in [-0.1, -0.05) is 40.6 Å². The quantitative estimate of drug-likeness (QED) is 0.877. The van der Waals surface area contributed by atoms with Gasteiger partial charge in [-0.05, 0) is 17.7 Å². The third-order valence-corrected chi connectivity index (χ3v) is 5.10. The number of halogens is 2. The first-order valence-corrected chi connectivity index (χ1v) is 7.59. The summed E-state index contributed by atoms with van der Waals surface area (Å²) in [5, 5.41) is 7.59. The fourth-order valence-electron chi connectivity index (χ4n) is 2.22. The average molecular weight is 328 g/mol. The van der Waals surface area contributed by atoms with Gasteiger partial charge in [-0.2, -0.15) is 0 Å². The maximum absolute atomic E-state index is 11.8. The number of carbonyl (C=O) groups excluding carboxylic acids is 1. The maximum Gasteiger partial charge on any atom is 0.226 e. The summed E-state index contributed by atoms with van der Waals surface area (Å²) in [6.45, 7) is 0. The molecule has 1 aliphatic heterocycles. The molecule has 1 atom stereocenters. The molecule has 0 radical (unpaired) electrons. The predicted molar refractivity (Wildman–Crippen MR) is 83.2 cm³/mol. The van der Waals surface area contributed by atoms with Gasteiger partial charge in [0, 0.05) is 19.4 Å². The Balaban J connectivity index is 2.07. The minimum atomic E-state index is -0.0403. The summed E-state index contributed by atoms with van der Waals surface area (Å²) in [5.41, 5.74) is 0.974. The number of aromatic nitrogens is 1. The molecule has 1 amide bonds. The lowest BCUT2D eigenvalue weighted by atomic mass is 9.92. The predicted octanol–water partition coefficient (Wildman–Crippen LogP) is 3.97. The first-order valence-electron chi connectivity index (χ1n) is 6.01. The molecule has 0 saturated carbocycles. The van der Waals surface area contributed by atoms with Gasteiger partial charge < -0.3 is 10.6 Å². The SMILES string of the molecule is CNc1nc2c(s1)[C@@H](c1ccc(Cl)c(Cl)c1)CC(=O)N2. The van der Waals surface area contributed by atoms with Crippen LogP contribution in [-0.4, -0.2) is 17.9 Å². The van der Waals surface area contributed by atoms with Crippen molar-refractivity contribution in [2.24, 2.45) is 0 Å². The highest BCUT2D eigenvalue weighted by Crippen LogP contribution is 2.43. The second-order valence-corrected chi connectivity index (χ2v) is 6.31. The zero-order valence-corrected chi connectivity index (χ0v) is 12.9. The molecular formula is C13H11Cl2N3OS. The van der Waals surface area contributed by atoms with E-state index in [0.717, 1.165) is 15.6 Å². The number of fused-ring (bicyclic) bond motifs is 1. The number of rotatable bonds is 2. The van der Waals surface area contributed by atoms with Crippen LogP contribution in [0.15, 0.2) is 18.2 Å². The Labute approximate surface area is 130 Å². The van der Waals surface area contributed by atoms with E-state index < -0.39 is 0 Å². The molecule has 0 bridgehead atoms. The largest absolute Gasteiger partial charge is 0.365 e. The molecule has 2 N–H and O–H groups in total. The lowest BCUT2D eigenvalue weighted by molar-refractivity contribution is -0.116. The number of carbonyl (C=O) groups is 1. The van der Waals surface area contributed by atoms with Gasteiger partial charge in [0.05, 0.1) is 14.9 Å². The highest BCUT2D eigenvalue weighted by molar-refractivity contribution is 7.16. The number of nitrogens with one attached hydrogen (secondary N) is 2. The van der Waals surface area contributed by atoms with E-state index in [2.05, 4.69) is 15.6 Å². The second-order valence-electron chi connectivity index (χ2n) is 4.46. The van der Waals surface area contributed by atoms with Crippen molar-refractivity contribution in [1.29, 1.82) is 0 Å². The van der Waals surface area contributed by atoms with E-state index in [4.69, 9.17) is 23.2 Å². The molecule has 104 valence electrons. The van der Waals surface area contributed by atoms with E-state index in [1.165, 1.54) is 11.3 Å². The standard InChI is InChI=1S/C13H11Cl2N3OS/c1-16-13-18-12-11(20-13)7(5-10(19)17-12)6-2-3-8(14)9(15)4-6/h2-4,7H,5H2,1H3,(H,16,18)(H,17,19)/t7-/m1/s1. The molecule has 0 fully saturated rings. The number of anilines is 2. The smallest absolute Gasteiger partial charge is 0.226 e. The van der Waals surface area contributed by atoms with Crippen LogP contribution in [0.25, 0.3) is 0 Å². The van der Waals surface area contributed by atoms with Crippen LogP contribution < -0.4 is 10.6 Å². The molecule has 1 aromatic heterocycles. The molecule has 4 nitrogen and oxygen atoms in total. The van der Waals surface area contributed by atoms with Crippen LogP contribution >= 0.6 is 34.5 Å². The van der Waals surface area contributed by atoms with Gasteiger partial charge >= 0.3 is 0 Å². The summed E-state index contributed by atoms with van der Waals surface area (Å²) < 4.78 is 0. The van der Waals surface area contributed by atoms with E-state index >= 15 is 0 Å². The number of thiazole rings is 1. The summed E-state index contributed by atoms with van der Waals surface area (Å²) in [7, 11) is 1.81. The van der Waals surface area contributed by atoms with Gasteiger partial charge in [0.1, 0.15) is 5.82 Å². The number of hydrogen-bond acceptors (Lipinski definition) is 4. The minimum Gasteiger partial charge on any atom is -0.365 e. The number of nitrogens with zero attached hydrogens (tertiary/aromatic N) is 1. The molecule has 2 heterocycles. The van der Waals surface area contributed by atoms with Gasteiger partial charge in [-0.3, -0.25) is 4.79 Å². The van der Waals surface area contributed by atoms with Crippen LogP contribution in [0.4, 0.5) is 10.9 Å². The van der Waals surface area contributed by atoms with Gasteiger partial charge in [0.25, 0.3) is 0 Å².